The van der Waals surface area contributed by atoms with Crippen LogP contribution in [0, 0.1) is 6.92 Å². The number of aromatic amines is 1. The van der Waals surface area contributed by atoms with Crippen molar-refractivity contribution in [2.45, 2.75) is 32.5 Å². The third-order valence-electron chi connectivity index (χ3n) is 6.06. The van der Waals surface area contributed by atoms with Gasteiger partial charge in [0.15, 0.2) is 0 Å². The fourth-order valence-electron chi connectivity index (χ4n) is 3.99. The van der Waals surface area contributed by atoms with Crippen molar-refractivity contribution < 1.29 is 33.0 Å². The second-order valence-electron chi connectivity index (χ2n) is 8.57. The third-order valence-corrected chi connectivity index (χ3v) is 6.06. The van der Waals surface area contributed by atoms with Crippen molar-refractivity contribution in [2.75, 3.05) is 0 Å². The fraction of sp³-hybridized carbons (Fsp3) is 0.222. The molecule has 200 valence electrons. The van der Waals surface area contributed by atoms with Crippen LogP contribution in [0.5, 0.6) is 0 Å². The number of nitrogens with two attached hydrogens (primary N) is 1. The number of alkyl halides is 3. The maximum Gasteiger partial charge on any atom is 0.417 e. The first kappa shape index (κ1) is 28.2. The van der Waals surface area contributed by atoms with E-state index in [1.165, 1.54) is 42.8 Å². The summed E-state index contributed by atoms with van der Waals surface area (Å²) in [5, 5.41) is 18.6. The number of H-pyrrole nitrogens is 1. The molecule has 2 aromatic heterocycles. The van der Waals surface area contributed by atoms with Crippen molar-refractivity contribution >= 4 is 22.8 Å². The van der Waals surface area contributed by atoms with Crippen molar-refractivity contribution in [2.24, 2.45) is 12.8 Å². The average Bonchev–Trinajstić information content (AvgIpc) is 3.25. The number of hydrogen-bond acceptors (Lipinski definition) is 4. The molecule has 0 aliphatic carbocycles. The molecular formula is C27H26F3N3O5. The van der Waals surface area contributed by atoms with E-state index in [4.69, 9.17) is 15.9 Å². The fourth-order valence-corrected chi connectivity index (χ4v) is 3.99. The monoisotopic (exact) mass is 529 g/mol. The number of primary amides is 1. The number of aromatic nitrogens is 2. The summed E-state index contributed by atoms with van der Waals surface area (Å²) in [5.41, 5.74) is 5.79. The molecule has 0 saturated heterocycles. The van der Waals surface area contributed by atoms with Gasteiger partial charge in [-0.15, -0.1) is 0 Å². The second-order valence-corrected chi connectivity index (χ2v) is 8.57. The maximum atomic E-state index is 13.3. The van der Waals surface area contributed by atoms with Crippen molar-refractivity contribution in [1.29, 1.82) is 0 Å². The number of carbonyl (C=O) groups is 2. The van der Waals surface area contributed by atoms with E-state index in [1.54, 1.807) is 0 Å². The van der Waals surface area contributed by atoms with Gasteiger partial charge in [0.1, 0.15) is 5.69 Å². The summed E-state index contributed by atoms with van der Waals surface area (Å²) in [4.78, 5) is 36.8. The minimum absolute atomic E-state index is 0.0700. The number of hydrogen-bond donors (Lipinski definition) is 4. The minimum atomic E-state index is -4.64. The smallest absolute Gasteiger partial charge is 0.417 e. The molecule has 8 nitrogen and oxygen atoms in total. The molecule has 0 bridgehead atoms. The molecule has 4 rings (SSSR count). The number of aliphatic carboxylic acids is 1. The van der Waals surface area contributed by atoms with E-state index in [-0.39, 0.29) is 36.4 Å². The number of halogens is 3. The number of benzene rings is 2. The van der Waals surface area contributed by atoms with Gasteiger partial charge in [-0.2, -0.15) is 13.2 Å². The quantitative estimate of drug-likeness (QED) is 0.297. The van der Waals surface area contributed by atoms with Crippen LogP contribution in [-0.4, -0.2) is 31.6 Å². The molecule has 0 spiro atoms. The van der Waals surface area contributed by atoms with Gasteiger partial charge in [0.2, 0.25) is 0 Å². The lowest BCUT2D eigenvalue weighted by molar-refractivity contribution is -0.138. The van der Waals surface area contributed by atoms with Gasteiger partial charge >= 0.3 is 12.1 Å². The highest BCUT2D eigenvalue weighted by molar-refractivity contribution is 6.00. The van der Waals surface area contributed by atoms with E-state index >= 15 is 0 Å². The number of aryl methyl sites for hydroxylation is 2. The highest BCUT2D eigenvalue weighted by Crippen LogP contribution is 2.35. The Morgan fingerprint density at radius 3 is 2.26 bits per heavy atom. The molecule has 0 saturated carbocycles. The summed E-state index contributed by atoms with van der Waals surface area (Å²) in [6.07, 6.45) is -4.44. The van der Waals surface area contributed by atoms with E-state index in [9.17, 15) is 27.6 Å². The second kappa shape index (κ2) is 11.3. The molecular weight excluding hydrogens is 503 g/mol. The summed E-state index contributed by atoms with van der Waals surface area (Å²) in [7, 11) is 1.42. The molecule has 0 aliphatic heterocycles. The van der Waals surface area contributed by atoms with Crippen LogP contribution >= 0.6 is 0 Å². The van der Waals surface area contributed by atoms with Gasteiger partial charge in [0.05, 0.1) is 17.7 Å². The van der Waals surface area contributed by atoms with Crippen molar-refractivity contribution in [3.05, 3.63) is 93.0 Å². The van der Waals surface area contributed by atoms with Crippen LogP contribution < -0.4 is 11.3 Å². The van der Waals surface area contributed by atoms with Gasteiger partial charge in [0, 0.05) is 35.6 Å². The van der Waals surface area contributed by atoms with E-state index in [1.807, 2.05) is 24.3 Å². The lowest BCUT2D eigenvalue weighted by atomic mass is 9.98. The van der Waals surface area contributed by atoms with Gasteiger partial charge in [-0.25, -0.2) is 0 Å². The first-order valence-corrected chi connectivity index (χ1v) is 11.4. The minimum Gasteiger partial charge on any atom is -0.481 e. The predicted molar refractivity (Wildman–Crippen MR) is 136 cm³/mol. The van der Waals surface area contributed by atoms with Crippen LogP contribution in [0.25, 0.3) is 22.0 Å². The number of carbonyl (C=O) groups excluding carboxylic acids is 1. The van der Waals surface area contributed by atoms with Crippen LogP contribution in [0.1, 0.15) is 39.3 Å². The largest absolute Gasteiger partial charge is 0.481 e. The molecule has 2 aromatic carbocycles. The number of amides is 1. The lowest BCUT2D eigenvalue weighted by Gasteiger charge is -2.16. The number of aliphatic hydroxyl groups excluding tert-OH is 1. The number of rotatable bonds is 6. The Kier molecular flexibility index (Phi) is 8.42. The first-order valence-electron chi connectivity index (χ1n) is 11.4. The Hall–Kier alpha value is -4.38. The van der Waals surface area contributed by atoms with E-state index < -0.39 is 34.7 Å². The molecule has 2 heterocycles. The Labute approximate surface area is 215 Å². The van der Waals surface area contributed by atoms with Crippen LogP contribution in [0.3, 0.4) is 0 Å². The van der Waals surface area contributed by atoms with Gasteiger partial charge in [-0.3, -0.25) is 14.4 Å². The average molecular weight is 530 g/mol. The SMILES string of the molecule is Cc1cc(C(F)(F)F)c(-c2ccc(CCC(=O)O)cc2)c(=O)n1C.NC(=O)c1[nH]c2ccccc2c1CO. The molecule has 38 heavy (non-hydrogen) atoms. The number of para-hydroxylation sites is 1. The summed E-state index contributed by atoms with van der Waals surface area (Å²) in [6.45, 7) is 1.25. The molecule has 1 amide bonds. The Balaban J connectivity index is 0.000000241. The van der Waals surface area contributed by atoms with Crippen LogP contribution in [0.4, 0.5) is 13.2 Å². The van der Waals surface area contributed by atoms with E-state index in [0.717, 1.165) is 17.0 Å². The zero-order valence-corrected chi connectivity index (χ0v) is 20.6. The zero-order valence-electron chi connectivity index (χ0n) is 20.6. The molecule has 0 fully saturated rings. The number of pyridine rings is 1. The molecule has 11 heteroatoms. The van der Waals surface area contributed by atoms with Crippen molar-refractivity contribution in [3.63, 3.8) is 0 Å². The van der Waals surface area contributed by atoms with Crippen LogP contribution in [0.2, 0.25) is 0 Å². The Morgan fingerprint density at radius 1 is 1.08 bits per heavy atom. The standard InChI is InChI=1S/C17H16F3NO3.C10H10N2O2/c1-10-9-13(17(18,19)20)15(16(24)21(10)2)12-6-3-11(4-7-12)5-8-14(22)23;11-10(14)9-7(5-13)6-3-1-2-4-8(6)12-9/h3-4,6-7,9H,5,8H2,1-2H3,(H,22,23);1-4,12-13H,5H2,(H2,11,14). The highest BCUT2D eigenvalue weighted by Gasteiger charge is 2.35. The van der Waals surface area contributed by atoms with Gasteiger partial charge in [-0.1, -0.05) is 42.5 Å². The van der Waals surface area contributed by atoms with Crippen LogP contribution in [-0.2, 0) is 31.0 Å². The lowest BCUT2D eigenvalue weighted by Crippen LogP contribution is -2.25. The number of fused-ring (bicyclic) bond motifs is 1. The predicted octanol–water partition coefficient (Wildman–Crippen LogP) is 4.16. The van der Waals surface area contributed by atoms with Crippen molar-refractivity contribution in [1.82, 2.24) is 9.55 Å². The summed E-state index contributed by atoms with van der Waals surface area (Å²) in [5.74, 6) is -1.50. The number of carboxylic acid groups (broad SMARTS) is 1. The molecule has 0 radical (unpaired) electrons. The Morgan fingerprint density at radius 2 is 1.71 bits per heavy atom. The van der Waals surface area contributed by atoms with E-state index in [0.29, 0.717) is 11.1 Å². The zero-order chi connectivity index (χ0) is 28.2. The molecule has 0 aliphatic rings. The topological polar surface area (TPSA) is 138 Å². The summed E-state index contributed by atoms with van der Waals surface area (Å²) >= 11 is 0. The highest BCUT2D eigenvalue weighted by atomic mass is 19.4. The number of nitrogens with one attached hydrogen (secondary N) is 1. The summed E-state index contributed by atoms with van der Waals surface area (Å²) in [6, 6.07) is 14.2. The maximum absolute atomic E-state index is 13.3. The third kappa shape index (κ3) is 6.12. The van der Waals surface area contributed by atoms with E-state index in [2.05, 4.69) is 4.98 Å². The van der Waals surface area contributed by atoms with Gasteiger partial charge < -0.3 is 25.5 Å². The van der Waals surface area contributed by atoms with Gasteiger partial charge in [-0.05, 0) is 36.6 Å². The summed E-state index contributed by atoms with van der Waals surface area (Å²) < 4.78 is 41.1. The molecule has 5 N–H and O–H groups in total. The normalized spacial score (nSPS) is 11.2. The van der Waals surface area contributed by atoms with Crippen molar-refractivity contribution in [3.8, 4) is 11.1 Å². The Bertz CT molecular complexity index is 1540. The number of carboxylic acids is 1. The number of nitrogens with zero attached hydrogens (tertiary/aromatic N) is 1. The molecule has 0 unspecified atom stereocenters. The molecule has 4 aromatic rings. The van der Waals surface area contributed by atoms with Crippen LogP contribution in [0.15, 0.2) is 59.4 Å². The van der Waals surface area contributed by atoms with Gasteiger partial charge in [0.25, 0.3) is 11.5 Å². The molecule has 0 atom stereocenters. The first-order chi connectivity index (χ1) is 17.8. The number of aliphatic hydroxyl groups is 1.